The molecule has 0 aromatic heterocycles. The highest BCUT2D eigenvalue weighted by Crippen LogP contribution is 2.14. The van der Waals surface area contributed by atoms with Crippen molar-refractivity contribution in [3.05, 3.63) is 64.7 Å². The standard InChI is InChI=1S/C22H24ClN3O3S/c1-16-3-2-4-19(13-16)24-20(27)14-30-15-21(28)25-9-11-26(12-10-25)22(29)17-5-7-18(23)8-6-17/h2-8,13H,9-12,14-15H2,1H3,(H,24,27). The van der Waals surface area contributed by atoms with Crippen molar-refractivity contribution in [1.29, 1.82) is 0 Å². The van der Waals surface area contributed by atoms with Gasteiger partial charge in [-0.2, -0.15) is 0 Å². The van der Waals surface area contributed by atoms with Gasteiger partial charge in [-0.1, -0.05) is 23.7 Å². The molecule has 6 nitrogen and oxygen atoms in total. The molecule has 0 unspecified atom stereocenters. The van der Waals surface area contributed by atoms with Crippen LogP contribution in [-0.4, -0.2) is 65.2 Å². The first-order valence-corrected chi connectivity index (χ1v) is 11.2. The van der Waals surface area contributed by atoms with Crippen molar-refractivity contribution < 1.29 is 14.4 Å². The van der Waals surface area contributed by atoms with E-state index in [-0.39, 0.29) is 29.2 Å². The normalized spacial score (nSPS) is 13.8. The maximum Gasteiger partial charge on any atom is 0.253 e. The molecule has 2 aromatic carbocycles. The van der Waals surface area contributed by atoms with Crippen molar-refractivity contribution in [1.82, 2.24) is 9.80 Å². The molecule has 3 rings (SSSR count). The molecular formula is C22H24ClN3O3S. The molecule has 30 heavy (non-hydrogen) atoms. The summed E-state index contributed by atoms with van der Waals surface area (Å²) in [5.74, 6) is 0.265. The number of piperazine rings is 1. The first-order valence-electron chi connectivity index (χ1n) is 9.69. The number of nitrogens with zero attached hydrogens (tertiary/aromatic N) is 2. The summed E-state index contributed by atoms with van der Waals surface area (Å²) in [6.07, 6.45) is 0. The minimum absolute atomic E-state index is 0.0121. The van der Waals surface area contributed by atoms with Crippen molar-refractivity contribution in [2.45, 2.75) is 6.92 Å². The maximum absolute atomic E-state index is 12.5. The van der Waals surface area contributed by atoms with Gasteiger partial charge in [0.15, 0.2) is 0 Å². The van der Waals surface area contributed by atoms with Crippen LogP contribution in [0, 0.1) is 6.92 Å². The lowest BCUT2D eigenvalue weighted by Gasteiger charge is -2.34. The van der Waals surface area contributed by atoms with Gasteiger partial charge in [0.2, 0.25) is 11.8 Å². The monoisotopic (exact) mass is 445 g/mol. The third-order valence-corrected chi connectivity index (χ3v) is 5.94. The predicted octanol–water partition coefficient (Wildman–Crippen LogP) is 3.30. The Labute approximate surface area is 185 Å². The Balaban J connectivity index is 1.38. The van der Waals surface area contributed by atoms with E-state index in [9.17, 15) is 14.4 Å². The van der Waals surface area contributed by atoms with Gasteiger partial charge < -0.3 is 15.1 Å². The molecule has 0 saturated carbocycles. The van der Waals surface area contributed by atoms with E-state index in [2.05, 4.69) is 5.32 Å². The second-order valence-corrected chi connectivity index (χ2v) is 8.51. The number of halogens is 1. The molecule has 0 bridgehead atoms. The van der Waals surface area contributed by atoms with Gasteiger partial charge in [-0.25, -0.2) is 0 Å². The van der Waals surface area contributed by atoms with Gasteiger partial charge in [0.25, 0.3) is 5.91 Å². The largest absolute Gasteiger partial charge is 0.338 e. The first kappa shape index (κ1) is 22.2. The Hall–Kier alpha value is -2.51. The minimum atomic E-state index is -0.128. The molecule has 1 heterocycles. The minimum Gasteiger partial charge on any atom is -0.338 e. The third kappa shape index (κ3) is 6.24. The van der Waals surface area contributed by atoms with Crippen LogP contribution in [0.15, 0.2) is 48.5 Å². The first-order chi connectivity index (χ1) is 14.4. The summed E-state index contributed by atoms with van der Waals surface area (Å²) < 4.78 is 0. The topological polar surface area (TPSA) is 69.7 Å². The number of anilines is 1. The third-order valence-electron chi connectivity index (χ3n) is 4.77. The van der Waals surface area contributed by atoms with Crippen molar-refractivity contribution >= 4 is 46.8 Å². The molecule has 0 spiro atoms. The van der Waals surface area contributed by atoms with E-state index in [0.717, 1.165) is 11.3 Å². The van der Waals surface area contributed by atoms with Gasteiger partial charge in [-0.3, -0.25) is 14.4 Å². The molecular weight excluding hydrogens is 422 g/mol. The average molecular weight is 446 g/mol. The number of benzene rings is 2. The average Bonchev–Trinajstić information content (AvgIpc) is 2.74. The number of aryl methyl sites for hydroxylation is 1. The zero-order valence-electron chi connectivity index (χ0n) is 16.8. The molecule has 3 amide bonds. The Morgan fingerprint density at radius 2 is 1.63 bits per heavy atom. The number of nitrogens with one attached hydrogen (secondary N) is 1. The highest BCUT2D eigenvalue weighted by atomic mass is 35.5. The second-order valence-electron chi connectivity index (χ2n) is 7.09. The lowest BCUT2D eigenvalue weighted by Crippen LogP contribution is -2.51. The summed E-state index contributed by atoms with van der Waals surface area (Å²) in [5, 5.41) is 3.43. The van der Waals surface area contributed by atoms with Crippen LogP contribution in [0.2, 0.25) is 5.02 Å². The molecule has 1 fully saturated rings. The Morgan fingerprint density at radius 3 is 2.30 bits per heavy atom. The quantitative estimate of drug-likeness (QED) is 0.740. The number of thioether (sulfide) groups is 1. The van der Waals surface area contributed by atoms with Crippen molar-refractivity contribution in [3.8, 4) is 0 Å². The highest BCUT2D eigenvalue weighted by Gasteiger charge is 2.24. The van der Waals surface area contributed by atoms with Crippen molar-refractivity contribution in [3.63, 3.8) is 0 Å². The molecule has 158 valence electrons. The van der Waals surface area contributed by atoms with E-state index >= 15 is 0 Å². The van der Waals surface area contributed by atoms with Gasteiger partial charge >= 0.3 is 0 Å². The van der Waals surface area contributed by atoms with Gasteiger partial charge in [0, 0.05) is 42.5 Å². The number of rotatable bonds is 6. The predicted molar refractivity (Wildman–Crippen MR) is 121 cm³/mol. The Kier molecular flexibility index (Phi) is 7.76. The smallest absolute Gasteiger partial charge is 0.253 e. The molecule has 1 aliphatic rings. The van der Waals surface area contributed by atoms with E-state index in [1.165, 1.54) is 11.8 Å². The summed E-state index contributed by atoms with van der Waals surface area (Å²) >= 11 is 7.16. The number of carbonyl (C=O) groups is 3. The molecule has 1 aliphatic heterocycles. The summed E-state index contributed by atoms with van der Waals surface area (Å²) in [7, 11) is 0. The lowest BCUT2D eigenvalue weighted by molar-refractivity contribution is -0.129. The van der Waals surface area contributed by atoms with Crippen LogP contribution < -0.4 is 5.32 Å². The number of amides is 3. The molecule has 0 radical (unpaired) electrons. The van der Waals surface area contributed by atoms with Gasteiger partial charge in [0.05, 0.1) is 11.5 Å². The Bertz CT molecular complexity index is 912. The van der Waals surface area contributed by atoms with Crippen LogP contribution in [0.5, 0.6) is 0 Å². The fraction of sp³-hybridized carbons (Fsp3) is 0.318. The molecule has 1 N–H and O–H groups in total. The molecule has 0 atom stereocenters. The summed E-state index contributed by atoms with van der Waals surface area (Å²) in [6.45, 7) is 3.94. The molecule has 8 heteroatoms. The van der Waals surface area contributed by atoms with E-state index in [1.807, 2.05) is 31.2 Å². The van der Waals surface area contributed by atoms with E-state index in [0.29, 0.717) is 36.8 Å². The van der Waals surface area contributed by atoms with Gasteiger partial charge in [-0.05, 0) is 48.9 Å². The SMILES string of the molecule is Cc1cccc(NC(=O)CSCC(=O)N2CCN(C(=O)c3ccc(Cl)cc3)CC2)c1. The van der Waals surface area contributed by atoms with Crippen LogP contribution in [0.4, 0.5) is 5.69 Å². The van der Waals surface area contributed by atoms with E-state index in [1.54, 1.807) is 34.1 Å². The molecule has 0 aliphatic carbocycles. The summed E-state index contributed by atoms with van der Waals surface area (Å²) in [4.78, 5) is 40.5. The van der Waals surface area contributed by atoms with Crippen LogP contribution in [0.1, 0.15) is 15.9 Å². The van der Waals surface area contributed by atoms with Crippen LogP contribution >= 0.6 is 23.4 Å². The number of hydrogen-bond acceptors (Lipinski definition) is 4. The zero-order chi connectivity index (χ0) is 21.5. The van der Waals surface area contributed by atoms with Crippen molar-refractivity contribution in [2.24, 2.45) is 0 Å². The fourth-order valence-electron chi connectivity index (χ4n) is 3.18. The van der Waals surface area contributed by atoms with Gasteiger partial charge in [-0.15, -0.1) is 11.8 Å². The molecule has 1 saturated heterocycles. The van der Waals surface area contributed by atoms with Crippen LogP contribution in [0.3, 0.4) is 0 Å². The highest BCUT2D eigenvalue weighted by molar-refractivity contribution is 8.00. The zero-order valence-corrected chi connectivity index (χ0v) is 18.3. The fourth-order valence-corrected chi connectivity index (χ4v) is 4.02. The molecule has 2 aromatic rings. The number of carbonyl (C=O) groups excluding carboxylic acids is 3. The lowest BCUT2D eigenvalue weighted by atomic mass is 10.2. The van der Waals surface area contributed by atoms with E-state index in [4.69, 9.17) is 11.6 Å². The van der Waals surface area contributed by atoms with Crippen LogP contribution in [0.25, 0.3) is 0 Å². The van der Waals surface area contributed by atoms with Crippen LogP contribution in [-0.2, 0) is 9.59 Å². The Morgan fingerprint density at radius 1 is 0.967 bits per heavy atom. The second kappa shape index (κ2) is 10.5. The van der Waals surface area contributed by atoms with Crippen molar-refractivity contribution in [2.75, 3.05) is 43.0 Å². The maximum atomic E-state index is 12.5. The number of hydrogen-bond donors (Lipinski definition) is 1. The van der Waals surface area contributed by atoms with Gasteiger partial charge in [0.1, 0.15) is 0 Å². The van der Waals surface area contributed by atoms with E-state index < -0.39 is 0 Å². The summed E-state index contributed by atoms with van der Waals surface area (Å²) in [5.41, 5.74) is 2.42. The summed E-state index contributed by atoms with van der Waals surface area (Å²) in [6, 6.07) is 14.4.